The van der Waals surface area contributed by atoms with Gasteiger partial charge in [0.1, 0.15) is 24.2 Å². The molecule has 1 unspecified atom stereocenters. The van der Waals surface area contributed by atoms with Crippen LogP contribution in [-0.4, -0.2) is 27.7 Å². The van der Waals surface area contributed by atoms with E-state index in [1.165, 1.54) is 10.9 Å². The van der Waals surface area contributed by atoms with Gasteiger partial charge in [0, 0.05) is 11.8 Å². The molecule has 2 aromatic rings. The molecule has 1 heterocycles. The first-order valence-electron chi connectivity index (χ1n) is 6.68. The van der Waals surface area contributed by atoms with Gasteiger partial charge in [-0.25, -0.2) is 0 Å². The van der Waals surface area contributed by atoms with Crippen molar-refractivity contribution in [1.29, 1.82) is 0 Å². The molecule has 0 aliphatic rings. The van der Waals surface area contributed by atoms with Crippen LogP contribution in [0.15, 0.2) is 36.7 Å². The van der Waals surface area contributed by atoms with Crippen molar-refractivity contribution in [1.82, 2.24) is 9.78 Å². The lowest BCUT2D eigenvalue weighted by molar-refractivity contribution is -0.385. The largest absolute Gasteiger partial charge is 0.497 e. The van der Waals surface area contributed by atoms with E-state index < -0.39 is 11.0 Å². The number of carbonyl (C=O) groups excluding carboxylic acids is 1. The maximum absolute atomic E-state index is 12.3. The summed E-state index contributed by atoms with van der Waals surface area (Å²) in [6.45, 7) is 1.81. The number of methoxy groups -OCH3 is 1. The molecule has 1 aromatic heterocycles. The van der Waals surface area contributed by atoms with E-state index in [1.807, 2.05) is 6.92 Å². The lowest BCUT2D eigenvalue weighted by atomic mass is 10.2. The van der Waals surface area contributed by atoms with Crippen LogP contribution in [-0.2, 0) is 4.79 Å². The maximum atomic E-state index is 12.3. The van der Waals surface area contributed by atoms with Crippen molar-refractivity contribution in [3.63, 3.8) is 0 Å². The molecule has 116 valence electrons. The molecule has 0 spiro atoms. The molecular weight excluding hydrogens is 288 g/mol. The SMILES string of the molecule is CCC(C(=O)Nc1cccc(OC)c1)n1cc([N+](=O)[O-])cn1. The highest BCUT2D eigenvalue weighted by Crippen LogP contribution is 2.20. The zero-order chi connectivity index (χ0) is 16.1. The summed E-state index contributed by atoms with van der Waals surface area (Å²) in [5.41, 5.74) is 0.442. The van der Waals surface area contributed by atoms with Crippen molar-refractivity contribution < 1.29 is 14.5 Å². The van der Waals surface area contributed by atoms with Crippen molar-refractivity contribution in [2.75, 3.05) is 12.4 Å². The van der Waals surface area contributed by atoms with Gasteiger partial charge in [-0.05, 0) is 18.6 Å². The van der Waals surface area contributed by atoms with E-state index >= 15 is 0 Å². The van der Waals surface area contributed by atoms with E-state index in [0.29, 0.717) is 17.9 Å². The number of nitrogens with zero attached hydrogens (tertiary/aromatic N) is 3. The van der Waals surface area contributed by atoms with Gasteiger partial charge < -0.3 is 10.1 Å². The fourth-order valence-corrected chi connectivity index (χ4v) is 2.01. The predicted molar refractivity (Wildman–Crippen MR) is 79.8 cm³/mol. The van der Waals surface area contributed by atoms with Gasteiger partial charge >= 0.3 is 5.69 Å². The third-order valence-corrected chi connectivity index (χ3v) is 3.14. The van der Waals surface area contributed by atoms with Crippen LogP contribution in [0.25, 0.3) is 0 Å². The lowest BCUT2D eigenvalue weighted by Crippen LogP contribution is -2.25. The van der Waals surface area contributed by atoms with Gasteiger partial charge in [0.25, 0.3) is 0 Å². The van der Waals surface area contributed by atoms with E-state index in [1.54, 1.807) is 31.4 Å². The van der Waals surface area contributed by atoms with Gasteiger partial charge in [0.2, 0.25) is 5.91 Å². The van der Waals surface area contributed by atoms with E-state index in [2.05, 4.69) is 10.4 Å². The second kappa shape index (κ2) is 6.70. The maximum Gasteiger partial charge on any atom is 0.307 e. The molecule has 0 bridgehead atoms. The summed E-state index contributed by atoms with van der Waals surface area (Å²) in [5.74, 6) is 0.328. The second-order valence-corrected chi connectivity index (χ2v) is 4.58. The van der Waals surface area contributed by atoms with Crippen molar-refractivity contribution in [2.45, 2.75) is 19.4 Å². The third-order valence-electron chi connectivity index (χ3n) is 3.14. The minimum absolute atomic E-state index is 0.146. The number of anilines is 1. The highest BCUT2D eigenvalue weighted by Gasteiger charge is 2.22. The van der Waals surface area contributed by atoms with Gasteiger partial charge in [0.05, 0.1) is 12.0 Å². The normalized spacial score (nSPS) is 11.7. The van der Waals surface area contributed by atoms with Gasteiger partial charge in [-0.3, -0.25) is 19.6 Å². The summed E-state index contributed by atoms with van der Waals surface area (Å²) >= 11 is 0. The smallest absolute Gasteiger partial charge is 0.307 e. The van der Waals surface area contributed by atoms with Crippen LogP contribution in [0.1, 0.15) is 19.4 Å². The molecule has 0 saturated heterocycles. The van der Waals surface area contributed by atoms with E-state index in [4.69, 9.17) is 4.74 Å². The standard InChI is InChI=1S/C14H16N4O4/c1-3-13(17-9-11(8-15-17)18(20)21)14(19)16-10-5-4-6-12(7-10)22-2/h4-9,13H,3H2,1-2H3,(H,16,19). The molecule has 2 rings (SSSR count). The molecule has 0 saturated carbocycles. The first kappa shape index (κ1) is 15.5. The van der Waals surface area contributed by atoms with Crippen molar-refractivity contribution in [3.05, 3.63) is 46.8 Å². The van der Waals surface area contributed by atoms with Crippen LogP contribution < -0.4 is 10.1 Å². The first-order chi connectivity index (χ1) is 10.5. The highest BCUT2D eigenvalue weighted by molar-refractivity contribution is 5.93. The number of nitro groups is 1. The van der Waals surface area contributed by atoms with E-state index in [9.17, 15) is 14.9 Å². The molecule has 0 fully saturated rings. The Bertz CT molecular complexity index is 683. The van der Waals surface area contributed by atoms with E-state index in [0.717, 1.165) is 6.20 Å². The summed E-state index contributed by atoms with van der Waals surface area (Å²) in [7, 11) is 1.54. The molecule has 0 radical (unpaired) electrons. The Morgan fingerprint density at radius 3 is 2.91 bits per heavy atom. The minimum Gasteiger partial charge on any atom is -0.497 e. The number of amides is 1. The summed E-state index contributed by atoms with van der Waals surface area (Å²) in [6.07, 6.45) is 2.83. The zero-order valence-corrected chi connectivity index (χ0v) is 12.2. The van der Waals surface area contributed by atoms with Gasteiger partial charge in [0.15, 0.2) is 0 Å². The quantitative estimate of drug-likeness (QED) is 0.652. The average Bonchev–Trinajstić information content (AvgIpc) is 2.98. The van der Waals surface area contributed by atoms with Crippen molar-refractivity contribution in [3.8, 4) is 5.75 Å². The van der Waals surface area contributed by atoms with Crippen LogP contribution in [0.4, 0.5) is 11.4 Å². The van der Waals surface area contributed by atoms with Crippen LogP contribution in [0.3, 0.4) is 0 Å². The highest BCUT2D eigenvalue weighted by atomic mass is 16.6. The Morgan fingerprint density at radius 2 is 2.32 bits per heavy atom. The summed E-state index contributed by atoms with van der Waals surface area (Å²) in [6, 6.07) is 6.33. The number of rotatable bonds is 6. The fraction of sp³-hybridized carbons (Fsp3) is 0.286. The molecule has 1 aromatic carbocycles. The Labute approximate surface area is 126 Å². The number of aromatic nitrogens is 2. The van der Waals surface area contributed by atoms with Crippen LogP contribution in [0.2, 0.25) is 0 Å². The average molecular weight is 304 g/mol. The fourth-order valence-electron chi connectivity index (χ4n) is 2.01. The Hall–Kier alpha value is -2.90. The number of ether oxygens (including phenoxy) is 1. The van der Waals surface area contributed by atoms with Crippen molar-refractivity contribution in [2.24, 2.45) is 0 Å². The molecule has 1 amide bonds. The monoisotopic (exact) mass is 304 g/mol. The third kappa shape index (κ3) is 3.40. The van der Waals surface area contributed by atoms with Gasteiger partial charge in [-0.2, -0.15) is 5.10 Å². The number of hydrogen-bond acceptors (Lipinski definition) is 5. The summed E-state index contributed by atoms with van der Waals surface area (Å²) < 4.78 is 6.39. The molecule has 1 atom stereocenters. The summed E-state index contributed by atoms with van der Waals surface area (Å²) in [5, 5.41) is 17.3. The number of carbonyl (C=O) groups is 1. The van der Waals surface area contributed by atoms with Gasteiger partial charge in [-0.15, -0.1) is 0 Å². The van der Waals surface area contributed by atoms with Gasteiger partial charge in [-0.1, -0.05) is 13.0 Å². The number of hydrogen-bond donors (Lipinski definition) is 1. The molecule has 1 N–H and O–H groups in total. The first-order valence-corrected chi connectivity index (χ1v) is 6.68. The predicted octanol–water partition coefficient (Wildman–Crippen LogP) is 2.39. The molecule has 22 heavy (non-hydrogen) atoms. The minimum atomic E-state index is -0.625. The summed E-state index contributed by atoms with van der Waals surface area (Å²) in [4.78, 5) is 22.5. The lowest BCUT2D eigenvalue weighted by Gasteiger charge is -2.15. The van der Waals surface area contributed by atoms with Crippen molar-refractivity contribution >= 4 is 17.3 Å². The molecule has 0 aliphatic heterocycles. The number of nitrogens with one attached hydrogen (secondary N) is 1. The Balaban J connectivity index is 2.15. The van der Waals surface area contributed by atoms with Crippen LogP contribution >= 0.6 is 0 Å². The number of benzene rings is 1. The molecule has 8 heteroatoms. The zero-order valence-electron chi connectivity index (χ0n) is 12.2. The van der Waals surface area contributed by atoms with Crippen LogP contribution in [0, 0.1) is 10.1 Å². The second-order valence-electron chi connectivity index (χ2n) is 4.58. The Kier molecular flexibility index (Phi) is 4.72. The van der Waals surface area contributed by atoms with E-state index in [-0.39, 0.29) is 11.6 Å². The Morgan fingerprint density at radius 1 is 1.55 bits per heavy atom. The van der Waals surface area contributed by atoms with Crippen LogP contribution in [0.5, 0.6) is 5.75 Å². The molecule has 8 nitrogen and oxygen atoms in total. The molecular formula is C14H16N4O4. The molecule has 0 aliphatic carbocycles. The topological polar surface area (TPSA) is 99.3 Å².